The first-order valence-electron chi connectivity index (χ1n) is 10.8. The van der Waals surface area contributed by atoms with Gasteiger partial charge < -0.3 is 24.5 Å². The summed E-state index contributed by atoms with van der Waals surface area (Å²) >= 11 is 0. The van der Waals surface area contributed by atoms with Crippen LogP contribution in [0.5, 0.6) is 17.2 Å². The van der Waals surface area contributed by atoms with Crippen LogP contribution in [0.4, 0.5) is 11.5 Å². The molecule has 7 nitrogen and oxygen atoms in total. The summed E-state index contributed by atoms with van der Waals surface area (Å²) in [5.74, 6) is 3.69. The maximum Gasteiger partial charge on any atom is 0.158 e. The van der Waals surface area contributed by atoms with Crippen molar-refractivity contribution in [3.05, 3.63) is 66.6 Å². The van der Waals surface area contributed by atoms with Crippen molar-refractivity contribution in [3.63, 3.8) is 0 Å². The first kappa shape index (κ1) is 20.3. The largest absolute Gasteiger partial charge is 0.493 e. The second-order valence-corrected chi connectivity index (χ2v) is 8.25. The van der Waals surface area contributed by atoms with Gasteiger partial charge in [0, 0.05) is 18.0 Å². The normalized spacial score (nSPS) is 14.3. The Bertz CT molecular complexity index is 1250. The Labute approximate surface area is 186 Å². The number of anilines is 2. The van der Waals surface area contributed by atoms with Gasteiger partial charge in [0.1, 0.15) is 35.3 Å². The van der Waals surface area contributed by atoms with Crippen LogP contribution in [-0.4, -0.2) is 26.2 Å². The molecular weight excluding hydrogens is 404 g/mol. The molecule has 0 aliphatic heterocycles. The average Bonchev–Trinajstić information content (AvgIpc) is 3.50. The van der Waals surface area contributed by atoms with E-state index in [2.05, 4.69) is 15.3 Å². The Balaban J connectivity index is 1.33. The van der Waals surface area contributed by atoms with Crippen LogP contribution in [-0.2, 0) is 0 Å². The van der Waals surface area contributed by atoms with Crippen molar-refractivity contribution < 1.29 is 14.6 Å². The number of hydrogen-bond acceptors (Lipinski definition) is 6. The molecule has 1 atom stereocenters. The quantitative estimate of drug-likeness (QED) is 0.380. The fraction of sp³-hybridized carbons (Fsp3) is 0.280. The molecule has 32 heavy (non-hydrogen) atoms. The fourth-order valence-electron chi connectivity index (χ4n) is 3.63. The van der Waals surface area contributed by atoms with E-state index in [-0.39, 0.29) is 0 Å². The zero-order chi connectivity index (χ0) is 22.1. The lowest BCUT2D eigenvalue weighted by atomic mass is 10.2. The third-order valence-corrected chi connectivity index (χ3v) is 5.56. The van der Waals surface area contributed by atoms with Gasteiger partial charge in [0.15, 0.2) is 5.82 Å². The Morgan fingerprint density at radius 2 is 1.97 bits per heavy atom. The summed E-state index contributed by atoms with van der Waals surface area (Å²) in [6, 6.07) is 15.5. The SMILES string of the molecule is Cc1cc(Nc2ncnc3ccn(C(C)O)c23)ccc1Oc1cccc(OCC2CC2)c1. The van der Waals surface area contributed by atoms with Gasteiger partial charge in [-0.1, -0.05) is 6.07 Å². The van der Waals surface area contributed by atoms with Crippen molar-refractivity contribution in [3.8, 4) is 17.2 Å². The second-order valence-electron chi connectivity index (χ2n) is 8.25. The van der Waals surface area contributed by atoms with E-state index in [4.69, 9.17) is 9.47 Å². The number of aromatic nitrogens is 3. The number of aliphatic hydroxyl groups is 1. The molecule has 5 rings (SSSR count). The molecule has 0 radical (unpaired) electrons. The highest BCUT2D eigenvalue weighted by atomic mass is 16.5. The van der Waals surface area contributed by atoms with Gasteiger partial charge in [-0.15, -0.1) is 0 Å². The lowest BCUT2D eigenvalue weighted by Gasteiger charge is -2.14. The van der Waals surface area contributed by atoms with Gasteiger partial charge in [-0.2, -0.15) is 0 Å². The molecule has 0 bridgehead atoms. The minimum atomic E-state index is -0.680. The van der Waals surface area contributed by atoms with E-state index in [1.165, 1.54) is 19.2 Å². The van der Waals surface area contributed by atoms with Crippen LogP contribution in [0.1, 0.15) is 31.6 Å². The molecule has 0 saturated heterocycles. The van der Waals surface area contributed by atoms with Crippen molar-refractivity contribution in [1.82, 2.24) is 14.5 Å². The van der Waals surface area contributed by atoms with Gasteiger partial charge in [0.25, 0.3) is 0 Å². The van der Waals surface area contributed by atoms with Crippen molar-refractivity contribution in [2.75, 3.05) is 11.9 Å². The van der Waals surface area contributed by atoms with E-state index < -0.39 is 6.23 Å². The summed E-state index contributed by atoms with van der Waals surface area (Å²) < 4.78 is 13.7. The highest BCUT2D eigenvalue weighted by molar-refractivity contribution is 5.88. The van der Waals surface area contributed by atoms with Gasteiger partial charge in [-0.25, -0.2) is 9.97 Å². The van der Waals surface area contributed by atoms with Gasteiger partial charge in [-0.05, 0) is 74.6 Å². The summed E-state index contributed by atoms with van der Waals surface area (Å²) in [5, 5.41) is 13.4. The van der Waals surface area contributed by atoms with Crippen LogP contribution in [0, 0.1) is 12.8 Å². The summed E-state index contributed by atoms with van der Waals surface area (Å²) in [5.41, 5.74) is 3.37. The maximum absolute atomic E-state index is 10.1. The van der Waals surface area contributed by atoms with E-state index in [1.807, 2.05) is 55.5 Å². The summed E-state index contributed by atoms with van der Waals surface area (Å²) in [7, 11) is 0. The predicted octanol–water partition coefficient (Wildman–Crippen LogP) is 5.58. The van der Waals surface area contributed by atoms with Gasteiger partial charge in [-0.3, -0.25) is 0 Å². The van der Waals surface area contributed by atoms with Crippen LogP contribution in [0.25, 0.3) is 11.0 Å². The maximum atomic E-state index is 10.1. The molecule has 1 aliphatic rings. The average molecular weight is 431 g/mol. The van der Waals surface area contributed by atoms with Crippen LogP contribution in [0.2, 0.25) is 0 Å². The summed E-state index contributed by atoms with van der Waals surface area (Å²) in [6.45, 7) is 4.48. The molecule has 1 aliphatic carbocycles. The third kappa shape index (κ3) is 4.38. The Kier molecular flexibility index (Phi) is 5.41. The number of hydrogen-bond donors (Lipinski definition) is 2. The van der Waals surface area contributed by atoms with E-state index in [0.29, 0.717) is 11.7 Å². The first-order valence-corrected chi connectivity index (χ1v) is 10.8. The van der Waals surface area contributed by atoms with Crippen molar-refractivity contribution in [1.29, 1.82) is 0 Å². The Morgan fingerprint density at radius 3 is 2.75 bits per heavy atom. The number of nitrogens with one attached hydrogen (secondary N) is 1. The minimum absolute atomic E-state index is 0.634. The fourth-order valence-corrected chi connectivity index (χ4v) is 3.63. The standard InChI is InChI=1S/C25H26N4O3/c1-16-12-19(28-25-24-22(26-15-27-25)10-11-29(24)17(2)30)8-9-23(16)32-21-5-3-4-20(13-21)31-14-18-6-7-18/h3-5,8-13,15,17-18,30H,6-7,14H2,1-2H3,(H,26,27,28). The lowest BCUT2D eigenvalue weighted by molar-refractivity contribution is 0.129. The highest BCUT2D eigenvalue weighted by Crippen LogP contribution is 2.33. The Morgan fingerprint density at radius 1 is 1.12 bits per heavy atom. The van der Waals surface area contributed by atoms with Crippen molar-refractivity contribution in [2.45, 2.75) is 32.9 Å². The van der Waals surface area contributed by atoms with E-state index in [0.717, 1.165) is 46.1 Å². The molecule has 7 heteroatoms. The van der Waals surface area contributed by atoms with Gasteiger partial charge >= 0.3 is 0 Å². The van der Waals surface area contributed by atoms with Crippen molar-refractivity contribution >= 4 is 22.5 Å². The zero-order valence-corrected chi connectivity index (χ0v) is 18.2. The minimum Gasteiger partial charge on any atom is -0.493 e. The smallest absolute Gasteiger partial charge is 0.158 e. The van der Waals surface area contributed by atoms with Crippen molar-refractivity contribution in [2.24, 2.45) is 5.92 Å². The molecule has 1 saturated carbocycles. The lowest BCUT2D eigenvalue weighted by Crippen LogP contribution is -2.05. The molecule has 164 valence electrons. The monoisotopic (exact) mass is 430 g/mol. The molecule has 2 aromatic heterocycles. The van der Waals surface area contributed by atoms with E-state index in [1.54, 1.807) is 17.7 Å². The number of ether oxygens (including phenoxy) is 2. The number of benzene rings is 2. The molecule has 0 amide bonds. The summed E-state index contributed by atoms with van der Waals surface area (Å²) in [6.07, 6.45) is 5.17. The number of fused-ring (bicyclic) bond motifs is 1. The number of nitrogens with zero attached hydrogens (tertiary/aromatic N) is 3. The second kappa shape index (κ2) is 8.51. The molecule has 2 N–H and O–H groups in total. The highest BCUT2D eigenvalue weighted by Gasteiger charge is 2.22. The van der Waals surface area contributed by atoms with E-state index >= 15 is 0 Å². The number of aliphatic hydroxyl groups excluding tert-OH is 1. The molecule has 0 spiro atoms. The topological polar surface area (TPSA) is 81.4 Å². The third-order valence-electron chi connectivity index (χ3n) is 5.56. The Hall–Kier alpha value is -3.58. The van der Waals surface area contributed by atoms with Crippen LogP contribution in [0.3, 0.4) is 0 Å². The number of rotatable bonds is 8. The van der Waals surface area contributed by atoms with E-state index in [9.17, 15) is 5.11 Å². The van der Waals surface area contributed by atoms with Gasteiger partial charge in [0.05, 0.1) is 12.1 Å². The number of aryl methyl sites for hydroxylation is 1. The predicted molar refractivity (Wildman–Crippen MR) is 124 cm³/mol. The first-order chi connectivity index (χ1) is 15.6. The molecule has 1 unspecified atom stereocenters. The molecule has 1 fully saturated rings. The van der Waals surface area contributed by atoms with Crippen LogP contribution < -0.4 is 14.8 Å². The van der Waals surface area contributed by atoms with Crippen LogP contribution >= 0.6 is 0 Å². The van der Waals surface area contributed by atoms with Gasteiger partial charge in [0.2, 0.25) is 0 Å². The molecule has 2 aromatic carbocycles. The summed E-state index contributed by atoms with van der Waals surface area (Å²) in [4.78, 5) is 8.67. The molecule has 4 aromatic rings. The zero-order valence-electron chi connectivity index (χ0n) is 18.2. The molecule has 2 heterocycles. The molecular formula is C25H26N4O3. The van der Waals surface area contributed by atoms with Crippen LogP contribution in [0.15, 0.2) is 61.1 Å².